The molecule has 1 aromatic carbocycles. The Labute approximate surface area is 101 Å². The fourth-order valence-corrected chi connectivity index (χ4v) is 2.05. The van der Waals surface area contributed by atoms with Gasteiger partial charge in [-0.2, -0.15) is 0 Å². The third kappa shape index (κ3) is 3.52. The molecule has 0 aliphatic rings. The molecule has 95 valence electrons. The summed E-state index contributed by atoms with van der Waals surface area (Å²) in [6, 6.07) is 3.14. The molecule has 0 saturated carbocycles. The molecule has 0 heterocycles. The minimum atomic E-state index is -3.22. The first-order valence-corrected chi connectivity index (χ1v) is 6.71. The summed E-state index contributed by atoms with van der Waals surface area (Å²) in [6.45, 7) is 0. The molecule has 0 amide bonds. The fourth-order valence-electron chi connectivity index (χ4n) is 1.42. The predicted molar refractivity (Wildman–Crippen MR) is 64.3 cm³/mol. The van der Waals surface area contributed by atoms with E-state index in [-0.39, 0.29) is 0 Å². The summed E-state index contributed by atoms with van der Waals surface area (Å²) in [6.07, 6.45) is 1.12. The zero-order chi connectivity index (χ0) is 13.1. The van der Waals surface area contributed by atoms with Crippen LogP contribution in [0.5, 0.6) is 17.2 Å². The minimum absolute atomic E-state index is 0.418. The van der Waals surface area contributed by atoms with E-state index in [1.807, 2.05) is 0 Å². The van der Waals surface area contributed by atoms with Crippen molar-refractivity contribution in [1.82, 2.24) is 0 Å². The minimum Gasteiger partial charge on any atom is -0.493 e. The highest BCUT2D eigenvalue weighted by molar-refractivity contribution is 7.92. The Kier molecular flexibility index (Phi) is 4.22. The molecule has 0 N–H and O–H groups in total. The molecule has 0 aliphatic carbocycles. The third-order valence-corrected chi connectivity index (χ3v) is 2.74. The summed E-state index contributed by atoms with van der Waals surface area (Å²) in [7, 11) is 1.21. The average Bonchev–Trinajstić information content (AvgIpc) is 2.25. The van der Waals surface area contributed by atoms with E-state index < -0.39 is 9.84 Å². The first-order chi connectivity index (χ1) is 7.91. The smallest absolute Gasteiger partial charge is 0.203 e. The van der Waals surface area contributed by atoms with Gasteiger partial charge in [-0.25, -0.2) is 8.42 Å². The van der Waals surface area contributed by atoms with Gasteiger partial charge < -0.3 is 14.2 Å². The van der Waals surface area contributed by atoms with Crippen LogP contribution in [0.2, 0.25) is 0 Å². The van der Waals surface area contributed by atoms with Gasteiger partial charge in [0.25, 0.3) is 0 Å². The summed E-state index contributed by atoms with van der Waals surface area (Å²) in [4.78, 5) is 0. The van der Waals surface area contributed by atoms with Gasteiger partial charge in [-0.05, 0) is 17.7 Å². The lowest BCUT2D eigenvalue weighted by Crippen LogP contribution is -2.01. The van der Waals surface area contributed by atoms with Crippen LogP contribution >= 0.6 is 0 Å². The quantitative estimate of drug-likeness (QED) is 0.796. The van der Waals surface area contributed by atoms with Gasteiger partial charge in [-0.3, -0.25) is 0 Å². The zero-order valence-corrected chi connectivity index (χ0v) is 11.0. The Morgan fingerprint density at radius 3 is 1.76 bits per heavy atom. The molecule has 1 radical (unpaired) electrons. The number of methoxy groups -OCH3 is 3. The second-order valence-electron chi connectivity index (χ2n) is 3.41. The highest BCUT2D eigenvalue weighted by Crippen LogP contribution is 2.38. The van der Waals surface area contributed by atoms with E-state index in [9.17, 15) is 8.42 Å². The van der Waals surface area contributed by atoms with Crippen molar-refractivity contribution >= 4 is 9.84 Å². The van der Waals surface area contributed by atoms with Crippen molar-refractivity contribution in [2.75, 3.05) is 27.6 Å². The van der Waals surface area contributed by atoms with E-state index in [1.165, 1.54) is 21.3 Å². The van der Waals surface area contributed by atoms with Gasteiger partial charge in [0.1, 0.15) is 5.75 Å². The molecule has 0 atom stereocenters. The molecular formula is C11H15O5S. The normalized spacial score (nSPS) is 11.1. The van der Waals surface area contributed by atoms with Crippen LogP contribution in [-0.2, 0) is 9.84 Å². The van der Waals surface area contributed by atoms with E-state index in [2.05, 4.69) is 0 Å². The fraction of sp³-hybridized carbons (Fsp3) is 0.364. The second-order valence-corrected chi connectivity index (χ2v) is 5.30. The molecule has 1 aromatic rings. The Morgan fingerprint density at radius 2 is 1.47 bits per heavy atom. The Bertz CT molecular complexity index is 468. The molecule has 0 spiro atoms. The highest BCUT2D eigenvalue weighted by Gasteiger charge is 2.15. The van der Waals surface area contributed by atoms with Crippen LogP contribution < -0.4 is 14.2 Å². The Morgan fingerprint density at radius 1 is 1.00 bits per heavy atom. The number of benzene rings is 1. The summed E-state index contributed by atoms with van der Waals surface area (Å²) >= 11 is 0. The zero-order valence-electron chi connectivity index (χ0n) is 10.2. The SMILES string of the molecule is COc1cc([CH]S(C)(=O)=O)cc(OC)c1OC. The lowest BCUT2D eigenvalue weighted by molar-refractivity contribution is 0.324. The van der Waals surface area contributed by atoms with Crippen molar-refractivity contribution in [1.29, 1.82) is 0 Å². The van der Waals surface area contributed by atoms with Crippen molar-refractivity contribution in [2.24, 2.45) is 0 Å². The summed E-state index contributed by atoms with van der Waals surface area (Å²) in [5.41, 5.74) is 0.474. The van der Waals surface area contributed by atoms with E-state index >= 15 is 0 Å². The van der Waals surface area contributed by atoms with E-state index in [0.29, 0.717) is 22.8 Å². The average molecular weight is 259 g/mol. The molecule has 0 unspecified atom stereocenters. The van der Waals surface area contributed by atoms with Crippen molar-refractivity contribution in [3.63, 3.8) is 0 Å². The molecule has 0 aliphatic heterocycles. The van der Waals surface area contributed by atoms with Gasteiger partial charge >= 0.3 is 0 Å². The van der Waals surface area contributed by atoms with Gasteiger partial charge in [0.2, 0.25) is 5.75 Å². The monoisotopic (exact) mass is 259 g/mol. The van der Waals surface area contributed by atoms with Crippen molar-refractivity contribution < 1.29 is 22.6 Å². The number of sulfone groups is 1. The number of ether oxygens (including phenoxy) is 3. The number of rotatable bonds is 5. The van der Waals surface area contributed by atoms with Crippen molar-refractivity contribution in [3.05, 3.63) is 23.4 Å². The van der Waals surface area contributed by atoms with E-state index in [4.69, 9.17) is 14.2 Å². The van der Waals surface area contributed by atoms with Gasteiger partial charge in [-0.15, -0.1) is 0 Å². The molecule has 5 nitrogen and oxygen atoms in total. The van der Waals surface area contributed by atoms with Crippen molar-refractivity contribution in [3.8, 4) is 17.2 Å². The first kappa shape index (κ1) is 13.6. The standard InChI is InChI=1S/C11H15O5S/c1-14-9-5-8(7-17(4,12)13)6-10(15-2)11(9)16-3/h5-7H,1-4H3. The lowest BCUT2D eigenvalue weighted by atomic mass is 10.2. The maximum atomic E-state index is 11.2. The van der Waals surface area contributed by atoms with E-state index in [1.54, 1.807) is 12.1 Å². The van der Waals surface area contributed by atoms with E-state index in [0.717, 1.165) is 12.0 Å². The Balaban J connectivity index is 3.27. The summed E-state index contributed by atoms with van der Waals surface area (Å²) in [5, 5.41) is 0. The predicted octanol–water partition coefficient (Wildman–Crippen LogP) is 1.27. The van der Waals surface area contributed by atoms with Crippen LogP contribution in [0.1, 0.15) is 5.56 Å². The Hall–Kier alpha value is -1.43. The molecule has 0 aromatic heterocycles. The first-order valence-electron chi connectivity index (χ1n) is 4.76. The molecule has 17 heavy (non-hydrogen) atoms. The topological polar surface area (TPSA) is 61.8 Å². The number of hydrogen-bond acceptors (Lipinski definition) is 5. The third-order valence-electron chi connectivity index (χ3n) is 2.04. The maximum absolute atomic E-state index is 11.2. The summed E-state index contributed by atoms with van der Waals surface area (Å²) < 4.78 is 37.7. The van der Waals surface area contributed by atoms with Crippen LogP contribution in [0.15, 0.2) is 12.1 Å². The molecular weight excluding hydrogens is 244 g/mol. The van der Waals surface area contributed by atoms with Gasteiger partial charge in [0.15, 0.2) is 21.3 Å². The van der Waals surface area contributed by atoms with Gasteiger partial charge in [-0.1, -0.05) is 0 Å². The largest absolute Gasteiger partial charge is 0.493 e. The number of hydrogen-bond donors (Lipinski definition) is 0. The van der Waals surface area contributed by atoms with Crippen LogP contribution in [-0.4, -0.2) is 36.0 Å². The van der Waals surface area contributed by atoms with Crippen LogP contribution in [0.25, 0.3) is 0 Å². The van der Waals surface area contributed by atoms with Crippen LogP contribution in [0.3, 0.4) is 0 Å². The highest BCUT2D eigenvalue weighted by atomic mass is 32.2. The van der Waals surface area contributed by atoms with Gasteiger partial charge in [0.05, 0.1) is 21.3 Å². The van der Waals surface area contributed by atoms with Crippen molar-refractivity contribution in [2.45, 2.75) is 0 Å². The van der Waals surface area contributed by atoms with Crippen LogP contribution in [0.4, 0.5) is 0 Å². The van der Waals surface area contributed by atoms with Gasteiger partial charge in [0, 0.05) is 6.26 Å². The molecule has 0 saturated heterocycles. The molecule has 1 rings (SSSR count). The lowest BCUT2D eigenvalue weighted by Gasteiger charge is -2.13. The van der Waals surface area contributed by atoms with Crippen LogP contribution in [0, 0.1) is 5.75 Å². The molecule has 0 bridgehead atoms. The maximum Gasteiger partial charge on any atom is 0.203 e. The second kappa shape index (κ2) is 5.27. The molecule has 6 heteroatoms. The summed E-state index contributed by atoms with van der Waals surface area (Å²) in [5.74, 6) is 2.40. The molecule has 0 fully saturated rings.